The molecule has 3 rings (SSSR count). The summed E-state index contributed by atoms with van der Waals surface area (Å²) in [6, 6.07) is 9.85. The zero-order valence-electron chi connectivity index (χ0n) is 11.6. The first-order valence-corrected chi connectivity index (χ1v) is 7.66. The first-order valence-electron chi connectivity index (χ1n) is 6.87. The van der Waals surface area contributed by atoms with Gasteiger partial charge in [-0.2, -0.15) is 0 Å². The van der Waals surface area contributed by atoms with Gasteiger partial charge >= 0.3 is 0 Å². The third-order valence-corrected chi connectivity index (χ3v) is 5.24. The second kappa shape index (κ2) is 5.21. The second-order valence-corrected chi connectivity index (χ2v) is 6.26. The van der Waals surface area contributed by atoms with E-state index in [0.29, 0.717) is 0 Å². The molecular weight excluding hydrogens is 317 g/mol. The molecule has 0 heterocycles. The molecule has 0 bridgehead atoms. The molecule has 0 amide bonds. The summed E-state index contributed by atoms with van der Waals surface area (Å²) < 4.78 is 14.9. The second-order valence-electron chi connectivity index (χ2n) is 5.47. The van der Waals surface area contributed by atoms with Gasteiger partial charge in [0.2, 0.25) is 0 Å². The highest BCUT2D eigenvalue weighted by Gasteiger charge is 2.24. The summed E-state index contributed by atoms with van der Waals surface area (Å²) in [4.78, 5) is 0. The van der Waals surface area contributed by atoms with Crippen molar-refractivity contribution in [1.82, 2.24) is 0 Å². The van der Waals surface area contributed by atoms with E-state index in [-0.39, 0.29) is 11.9 Å². The highest BCUT2D eigenvalue weighted by atomic mass is 79.9. The average Bonchev–Trinajstić information content (AvgIpc) is 2.81. The molecule has 0 aromatic heterocycles. The van der Waals surface area contributed by atoms with Gasteiger partial charge in [-0.1, -0.05) is 28.1 Å². The van der Waals surface area contributed by atoms with Crippen LogP contribution in [0.4, 0.5) is 10.1 Å². The molecule has 1 aliphatic carbocycles. The lowest BCUT2D eigenvalue weighted by Gasteiger charge is -2.17. The molecule has 3 heteroatoms. The fourth-order valence-electron chi connectivity index (χ4n) is 2.99. The van der Waals surface area contributed by atoms with Gasteiger partial charge in [0, 0.05) is 10.2 Å². The van der Waals surface area contributed by atoms with Crippen LogP contribution in [0.5, 0.6) is 0 Å². The van der Waals surface area contributed by atoms with Gasteiger partial charge in [-0.05, 0) is 67.1 Å². The lowest BCUT2D eigenvalue weighted by Crippen LogP contribution is -2.07. The Morgan fingerprint density at radius 1 is 1.20 bits per heavy atom. The van der Waals surface area contributed by atoms with Gasteiger partial charge in [0.25, 0.3) is 0 Å². The van der Waals surface area contributed by atoms with Gasteiger partial charge in [-0.3, -0.25) is 0 Å². The van der Waals surface area contributed by atoms with Gasteiger partial charge in [0.05, 0.1) is 6.04 Å². The first kappa shape index (κ1) is 13.6. The zero-order valence-corrected chi connectivity index (χ0v) is 13.2. The van der Waals surface area contributed by atoms with Gasteiger partial charge in [0.1, 0.15) is 5.82 Å². The average molecular weight is 334 g/mol. The molecule has 1 unspecified atom stereocenters. The molecule has 0 saturated carbocycles. The maximum atomic E-state index is 13.8. The summed E-state index contributed by atoms with van der Waals surface area (Å²) in [5, 5.41) is 3.55. The number of aryl methyl sites for hydroxylation is 2. The van der Waals surface area contributed by atoms with Gasteiger partial charge < -0.3 is 5.32 Å². The van der Waals surface area contributed by atoms with Gasteiger partial charge in [0.15, 0.2) is 0 Å². The quantitative estimate of drug-likeness (QED) is 0.785. The van der Waals surface area contributed by atoms with Crippen LogP contribution in [0, 0.1) is 19.7 Å². The van der Waals surface area contributed by atoms with E-state index in [1.54, 1.807) is 12.1 Å². The Morgan fingerprint density at radius 3 is 2.60 bits per heavy atom. The molecule has 2 aromatic carbocycles. The summed E-state index contributed by atoms with van der Waals surface area (Å²) in [5.41, 5.74) is 5.50. The van der Waals surface area contributed by atoms with Crippen LogP contribution < -0.4 is 5.32 Å². The van der Waals surface area contributed by atoms with Crippen molar-refractivity contribution in [2.24, 2.45) is 0 Å². The van der Waals surface area contributed by atoms with Crippen LogP contribution in [0.3, 0.4) is 0 Å². The van der Waals surface area contributed by atoms with Crippen molar-refractivity contribution >= 4 is 21.6 Å². The Labute approximate surface area is 127 Å². The number of rotatable bonds is 2. The van der Waals surface area contributed by atoms with E-state index < -0.39 is 0 Å². The molecule has 1 aliphatic rings. The number of fused-ring (bicyclic) bond motifs is 1. The van der Waals surface area contributed by atoms with E-state index in [4.69, 9.17) is 0 Å². The topological polar surface area (TPSA) is 12.0 Å². The summed E-state index contributed by atoms with van der Waals surface area (Å²) in [7, 11) is 0. The van der Waals surface area contributed by atoms with Crippen LogP contribution in [0.2, 0.25) is 0 Å². The fraction of sp³-hybridized carbons (Fsp3) is 0.294. The van der Waals surface area contributed by atoms with E-state index >= 15 is 0 Å². The van der Waals surface area contributed by atoms with E-state index in [2.05, 4.69) is 47.2 Å². The van der Waals surface area contributed by atoms with Crippen LogP contribution in [-0.2, 0) is 6.42 Å². The van der Waals surface area contributed by atoms with Crippen LogP contribution in [0.25, 0.3) is 0 Å². The predicted octanol–water partition coefficient (Wildman–Crippen LogP) is 5.30. The highest BCUT2D eigenvalue weighted by Crippen LogP contribution is 2.36. The molecule has 0 aliphatic heterocycles. The van der Waals surface area contributed by atoms with Gasteiger partial charge in [-0.25, -0.2) is 4.39 Å². The van der Waals surface area contributed by atoms with E-state index in [1.807, 2.05) is 6.07 Å². The number of anilines is 1. The highest BCUT2D eigenvalue weighted by molar-refractivity contribution is 9.10. The molecule has 2 aromatic rings. The molecule has 20 heavy (non-hydrogen) atoms. The predicted molar refractivity (Wildman–Crippen MR) is 84.7 cm³/mol. The van der Waals surface area contributed by atoms with Crippen molar-refractivity contribution in [2.75, 3.05) is 5.32 Å². The molecule has 0 fully saturated rings. The molecule has 104 valence electrons. The Hall–Kier alpha value is -1.35. The van der Waals surface area contributed by atoms with Crippen molar-refractivity contribution in [3.8, 4) is 0 Å². The molecule has 0 radical (unpaired) electrons. The number of hydrogen-bond acceptors (Lipinski definition) is 1. The molecule has 1 N–H and O–H groups in total. The number of nitrogens with one attached hydrogen (secondary N) is 1. The third-order valence-electron chi connectivity index (χ3n) is 3.99. The van der Waals surface area contributed by atoms with Crippen LogP contribution in [0.15, 0.2) is 34.8 Å². The van der Waals surface area contributed by atoms with Crippen molar-refractivity contribution in [1.29, 1.82) is 0 Å². The molecular formula is C17H17BrFN. The Morgan fingerprint density at radius 2 is 1.90 bits per heavy atom. The minimum atomic E-state index is -0.0741. The zero-order chi connectivity index (χ0) is 14.3. The normalized spacial score (nSPS) is 17.1. The number of halogens is 2. The fourth-order valence-corrected chi connectivity index (χ4v) is 3.22. The monoisotopic (exact) mass is 333 g/mol. The largest absolute Gasteiger partial charge is 0.378 e. The summed E-state index contributed by atoms with van der Waals surface area (Å²) >= 11 is 3.58. The Balaban J connectivity index is 1.90. The van der Waals surface area contributed by atoms with Crippen molar-refractivity contribution in [3.63, 3.8) is 0 Å². The maximum absolute atomic E-state index is 13.8. The molecule has 0 spiro atoms. The van der Waals surface area contributed by atoms with E-state index in [9.17, 15) is 4.39 Å². The third kappa shape index (κ3) is 2.35. The van der Waals surface area contributed by atoms with E-state index in [0.717, 1.165) is 34.1 Å². The summed E-state index contributed by atoms with van der Waals surface area (Å²) in [5.74, 6) is -0.0741. The van der Waals surface area contributed by atoms with E-state index in [1.165, 1.54) is 11.1 Å². The van der Waals surface area contributed by atoms with Crippen molar-refractivity contribution in [3.05, 3.63) is 62.9 Å². The molecule has 1 atom stereocenters. The summed E-state index contributed by atoms with van der Waals surface area (Å²) in [6.07, 6.45) is 1.76. The SMILES string of the molecule is Cc1cc(NC2CCc3c(F)cccc32)cc(C)c1Br. The minimum Gasteiger partial charge on any atom is -0.378 e. The number of hydrogen-bond donors (Lipinski definition) is 1. The Kier molecular flexibility index (Phi) is 3.55. The lowest BCUT2D eigenvalue weighted by atomic mass is 10.1. The van der Waals surface area contributed by atoms with Crippen LogP contribution in [0.1, 0.15) is 34.7 Å². The standard InChI is InChI=1S/C17H17BrFN/c1-10-8-12(9-11(2)17(10)18)20-16-7-6-13-14(16)4-3-5-15(13)19/h3-5,8-9,16,20H,6-7H2,1-2H3. The number of benzene rings is 2. The van der Waals surface area contributed by atoms with Crippen molar-refractivity contribution in [2.45, 2.75) is 32.7 Å². The molecule has 1 nitrogen and oxygen atoms in total. The first-order chi connectivity index (χ1) is 9.56. The molecule has 0 saturated heterocycles. The summed E-state index contributed by atoms with van der Waals surface area (Å²) in [6.45, 7) is 4.18. The van der Waals surface area contributed by atoms with Crippen LogP contribution in [-0.4, -0.2) is 0 Å². The maximum Gasteiger partial charge on any atom is 0.126 e. The van der Waals surface area contributed by atoms with Gasteiger partial charge in [-0.15, -0.1) is 0 Å². The minimum absolute atomic E-state index is 0.0741. The Bertz CT molecular complexity index is 643. The van der Waals surface area contributed by atoms with Crippen molar-refractivity contribution < 1.29 is 4.39 Å². The van der Waals surface area contributed by atoms with Crippen LogP contribution >= 0.6 is 15.9 Å². The lowest BCUT2D eigenvalue weighted by molar-refractivity contribution is 0.612. The smallest absolute Gasteiger partial charge is 0.126 e.